The van der Waals surface area contributed by atoms with Gasteiger partial charge in [-0.15, -0.1) is 10.2 Å². The highest BCUT2D eigenvalue weighted by atomic mass is 19.3. The number of benzene rings is 1. The molecule has 10 heteroatoms. The standard InChI is InChI=1S/C17H16F2N6O2/c1-10-8-20-24(2)13(10)17(26)25(3)21-9-11-4-6-12(7-5-11)15-22-23-16(27-15)14(18)19/h4-9,14H,1-3H3/b21-9+. The van der Waals surface area contributed by atoms with Crippen LogP contribution in [0.2, 0.25) is 0 Å². The van der Waals surface area contributed by atoms with Crippen LogP contribution >= 0.6 is 0 Å². The van der Waals surface area contributed by atoms with Crippen LogP contribution in [0.5, 0.6) is 0 Å². The summed E-state index contributed by atoms with van der Waals surface area (Å²) in [6.07, 6.45) is 0.306. The predicted molar refractivity (Wildman–Crippen MR) is 92.3 cm³/mol. The lowest BCUT2D eigenvalue weighted by Crippen LogP contribution is -2.24. The lowest BCUT2D eigenvalue weighted by molar-refractivity contribution is 0.0788. The Bertz CT molecular complexity index is 958. The van der Waals surface area contributed by atoms with Gasteiger partial charge in [0.2, 0.25) is 5.89 Å². The van der Waals surface area contributed by atoms with E-state index in [0.29, 0.717) is 16.8 Å². The molecule has 2 aromatic heterocycles. The van der Waals surface area contributed by atoms with Gasteiger partial charge >= 0.3 is 6.43 Å². The van der Waals surface area contributed by atoms with Crippen LogP contribution in [0.3, 0.4) is 0 Å². The van der Waals surface area contributed by atoms with Gasteiger partial charge in [0.1, 0.15) is 5.69 Å². The van der Waals surface area contributed by atoms with E-state index in [1.54, 1.807) is 51.5 Å². The van der Waals surface area contributed by atoms with Crippen molar-refractivity contribution in [3.63, 3.8) is 0 Å². The number of carbonyl (C=O) groups excluding carboxylic acids is 1. The number of hydrazone groups is 1. The number of rotatable bonds is 5. The molecule has 0 saturated carbocycles. The fraction of sp³-hybridized carbons (Fsp3) is 0.235. The van der Waals surface area contributed by atoms with Crippen LogP contribution < -0.4 is 0 Å². The maximum absolute atomic E-state index is 12.5. The van der Waals surface area contributed by atoms with E-state index in [-0.39, 0.29) is 11.8 Å². The fourth-order valence-corrected chi connectivity index (χ4v) is 2.36. The minimum absolute atomic E-state index is 0.00719. The summed E-state index contributed by atoms with van der Waals surface area (Å²) < 4.78 is 31.4. The predicted octanol–water partition coefficient (Wildman–Crippen LogP) is 2.82. The number of alkyl halides is 2. The Kier molecular flexibility index (Phi) is 5.06. The molecule has 2 heterocycles. The van der Waals surface area contributed by atoms with Gasteiger partial charge in [0.25, 0.3) is 11.8 Å². The topological polar surface area (TPSA) is 89.4 Å². The van der Waals surface area contributed by atoms with Crippen molar-refractivity contribution in [3.8, 4) is 11.5 Å². The molecular formula is C17H16F2N6O2. The number of amides is 1. The third kappa shape index (κ3) is 3.89. The molecule has 140 valence electrons. The average Bonchev–Trinajstić information content (AvgIpc) is 3.27. The Morgan fingerprint density at radius 2 is 2.00 bits per heavy atom. The minimum atomic E-state index is -2.81. The largest absolute Gasteiger partial charge is 0.415 e. The Hall–Kier alpha value is -3.43. The molecule has 0 aliphatic heterocycles. The van der Waals surface area contributed by atoms with Gasteiger partial charge in [-0.3, -0.25) is 9.48 Å². The van der Waals surface area contributed by atoms with E-state index in [2.05, 4.69) is 20.4 Å². The first-order valence-corrected chi connectivity index (χ1v) is 7.89. The molecule has 27 heavy (non-hydrogen) atoms. The maximum Gasteiger partial charge on any atom is 0.314 e. The van der Waals surface area contributed by atoms with E-state index in [1.807, 2.05) is 0 Å². The van der Waals surface area contributed by atoms with E-state index in [9.17, 15) is 13.6 Å². The summed E-state index contributed by atoms with van der Waals surface area (Å²) in [5, 5.41) is 16.3. The van der Waals surface area contributed by atoms with E-state index >= 15 is 0 Å². The van der Waals surface area contributed by atoms with Crippen LogP contribution in [0.15, 0.2) is 40.0 Å². The molecule has 1 aromatic carbocycles. The molecule has 0 saturated heterocycles. The molecule has 0 spiro atoms. The Balaban J connectivity index is 1.71. The highest BCUT2D eigenvalue weighted by molar-refractivity contribution is 5.94. The summed E-state index contributed by atoms with van der Waals surface area (Å²) >= 11 is 0. The average molecular weight is 374 g/mol. The van der Waals surface area contributed by atoms with Crippen LogP contribution in [-0.2, 0) is 7.05 Å². The lowest BCUT2D eigenvalue weighted by atomic mass is 10.1. The van der Waals surface area contributed by atoms with E-state index in [0.717, 1.165) is 5.56 Å². The molecule has 8 nitrogen and oxygen atoms in total. The molecule has 0 fully saturated rings. The Labute approximate surface area is 153 Å². The zero-order chi connectivity index (χ0) is 19.6. The quantitative estimate of drug-likeness (QED) is 0.506. The van der Waals surface area contributed by atoms with E-state index in [1.165, 1.54) is 15.9 Å². The van der Waals surface area contributed by atoms with E-state index < -0.39 is 12.3 Å². The Morgan fingerprint density at radius 1 is 1.30 bits per heavy atom. The number of nitrogens with zero attached hydrogens (tertiary/aromatic N) is 6. The molecule has 3 aromatic rings. The zero-order valence-electron chi connectivity index (χ0n) is 14.8. The van der Waals surface area contributed by atoms with Gasteiger partial charge in [-0.2, -0.15) is 19.0 Å². The van der Waals surface area contributed by atoms with Gasteiger partial charge in [0, 0.05) is 25.2 Å². The number of hydrogen-bond donors (Lipinski definition) is 0. The summed E-state index contributed by atoms with van der Waals surface area (Å²) in [6.45, 7) is 1.80. The normalized spacial score (nSPS) is 11.5. The third-order valence-corrected chi connectivity index (χ3v) is 3.78. The smallest absolute Gasteiger partial charge is 0.314 e. The van der Waals surface area contributed by atoms with Gasteiger partial charge in [-0.25, -0.2) is 5.01 Å². The first-order chi connectivity index (χ1) is 12.9. The molecule has 0 atom stereocenters. The van der Waals surface area contributed by atoms with Gasteiger partial charge < -0.3 is 4.42 Å². The van der Waals surface area contributed by atoms with Crippen molar-refractivity contribution < 1.29 is 18.0 Å². The molecule has 1 amide bonds. The second kappa shape index (κ2) is 7.44. The SMILES string of the molecule is Cc1cnn(C)c1C(=O)N(C)/N=C/c1ccc(-c2nnc(C(F)F)o2)cc1. The number of carbonyl (C=O) groups is 1. The molecule has 0 radical (unpaired) electrons. The van der Waals surface area contributed by atoms with Crippen molar-refractivity contribution >= 4 is 12.1 Å². The molecule has 3 rings (SSSR count). The number of aromatic nitrogens is 4. The van der Waals surface area contributed by atoms with Crippen molar-refractivity contribution in [2.24, 2.45) is 12.1 Å². The second-order valence-corrected chi connectivity index (χ2v) is 5.74. The highest BCUT2D eigenvalue weighted by Crippen LogP contribution is 2.23. The van der Waals surface area contributed by atoms with Crippen LogP contribution in [0, 0.1) is 6.92 Å². The molecule has 0 N–H and O–H groups in total. The Morgan fingerprint density at radius 3 is 2.56 bits per heavy atom. The third-order valence-electron chi connectivity index (χ3n) is 3.78. The van der Waals surface area contributed by atoms with Gasteiger partial charge in [0.15, 0.2) is 0 Å². The van der Waals surface area contributed by atoms with Gasteiger partial charge in [-0.05, 0) is 24.6 Å². The summed E-state index contributed by atoms with van der Waals surface area (Å²) in [4.78, 5) is 12.4. The van der Waals surface area contributed by atoms with Crippen molar-refractivity contribution in [2.45, 2.75) is 13.3 Å². The molecule has 0 unspecified atom stereocenters. The first kappa shape index (κ1) is 18.4. The van der Waals surface area contributed by atoms with Crippen LogP contribution in [-0.4, -0.2) is 44.2 Å². The monoisotopic (exact) mass is 374 g/mol. The van der Waals surface area contributed by atoms with Crippen LogP contribution in [0.1, 0.15) is 33.9 Å². The lowest BCUT2D eigenvalue weighted by Gasteiger charge is -2.11. The summed E-state index contributed by atoms with van der Waals surface area (Å²) in [6, 6.07) is 6.66. The fourth-order valence-electron chi connectivity index (χ4n) is 2.36. The number of aryl methyl sites for hydroxylation is 2. The second-order valence-electron chi connectivity index (χ2n) is 5.74. The number of halogens is 2. The van der Waals surface area contributed by atoms with Crippen LogP contribution in [0.4, 0.5) is 8.78 Å². The minimum Gasteiger partial charge on any atom is -0.415 e. The van der Waals surface area contributed by atoms with Crippen molar-refractivity contribution in [1.29, 1.82) is 0 Å². The first-order valence-electron chi connectivity index (χ1n) is 7.89. The summed E-state index contributed by atoms with van der Waals surface area (Å²) in [5.41, 5.74) is 2.42. The van der Waals surface area contributed by atoms with Gasteiger partial charge in [0.05, 0.1) is 12.4 Å². The van der Waals surface area contributed by atoms with Crippen molar-refractivity contribution in [3.05, 3.63) is 53.2 Å². The molecule has 0 bridgehead atoms. The van der Waals surface area contributed by atoms with Gasteiger partial charge in [-0.1, -0.05) is 12.1 Å². The number of hydrogen-bond acceptors (Lipinski definition) is 6. The highest BCUT2D eigenvalue weighted by Gasteiger charge is 2.18. The zero-order valence-corrected chi connectivity index (χ0v) is 14.8. The summed E-state index contributed by atoms with van der Waals surface area (Å²) in [7, 11) is 3.23. The molecular weight excluding hydrogens is 358 g/mol. The van der Waals surface area contributed by atoms with E-state index in [4.69, 9.17) is 4.42 Å². The molecule has 0 aliphatic rings. The van der Waals surface area contributed by atoms with Crippen molar-refractivity contribution in [1.82, 2.24) is 25.0 Å². The molecule has 0 aliphatic carbocycles. The van der Waals surface area contributed by atoms with Crippen molar-refractivity contribution in [2.75, 3.05) is 7.05 Å². The summed E-state index contributed by atoms with van der Waals surface area (Å²) in [5.74, 6) is -1.00. The van der Waals surface area contributed by atoms with Crippen LogP contribution in [0.25, 0.3) is 11.5 Å². The maximum atomic E-state index is 12.5.